The predicted octanol–water partition coefficient (Wildman–Crippen LogP) is 4.35. The fourth-order valence-corrected chi connectivity index (χ4v) is 1.46. The summed E-state index contributed by atoms with van der Waals surface area (Å²) < 4.78 is 0. The quantitative estimate of drug-likeness (QED) is 0.530. The molecule has 0 fully saturated rings. The van der Waals surface area contributed by atoms with Crippen LogP contribution in [0.2, 0.25) is 0 Å². The summed E-state index contributed by atoms with van der Waals surface area (Å²) in [5, 5.41) is 0. The summed E-state index contributed by atoms with van der Waals surface area (Å²) in [4.78, 5) is 11.0. The molecular weight excluding hydrogens is 172 g/mol. The number of ketones is 1. The second-order valence-electron chi connectivity index (χ2n) is 4.97. The van der Waals surface area contributed by atoms with Crippen LogP contribution in [0.4, 0.5) is 0 Å². The molecule has 0 saturated carbocycles. The second kappa shape index (κ2) is 7.03. The van der Waals surface area contributed by atoms with Gasteiger partial charge in [0, 0.05) is 12.8 Å². The summed E-state index contributed by atoms with van der Waals surface area (Å²) in [5.74, 6) is 0.416. The van der Waals surface area contributed by atoms with E-state index in [1.807, 2.05) is 6.92 Å². The first-order chi connectivity index (χ1) is 6.52. The lowest BCUT2D eigenvalue weighted by Crippen LogP contribution is -2.08. The van der Waals surface area contributed by atoms with Crippen LogP contribution in [0.1, 0.15) is 72.6 Å². The Morgan fingerprint density at radius 3 is 2.21 bits per heavy atom. The fourth-order valence-electron chi connectivity index (χ4n) is 1.46. The molecule has 0 atom stereocenters. The van der Waals surface area contributed by atoms with Crippen molar-refractivity contribution in [1.29, 1.82) is 0 Å². The molecule has 1 heteroatoms. The molecule has 0 aliphatic rings. The Hall–Kier alpha value is -0.330. The van der Waals surface area contributed by atoms with Gasteiger partial charge in [0.05, 0.1) is 0 Å². The Morgan fingerprint density at radius 1 is 1.07 bits per heavy atom. The smallest absolute Gasteiger partial charge is 0.132 e. The van der Waals surface area contributed by atoms with Gasteiger partial charge in [-0.15, -0.1) is 0 Å². The summed E-state index contributed by atoms with van der Waals surface area (Å²) in [6, 6.07) is 0. The number of Topliss-reactive ketones (excluding diaryl/α,β-unsaturated/α-hetero) is 1. The van der Waals surface area contributed by atoms with Crippen molar-refractivity contribution in [2.24, 2.45) is 5.41 Å². The minimum Gasteiger partial charge on any atom is -0.300 e. The van der Waals surface area contributed by atoms with E-state index in [0.29, 0.717) is 17.6 Å². The van der Waals surface area contributed by atoms with Gasteiger partial charge in [-0.2, -0.15) is 0 Å². The summed E-state index contributed by atoms with van der Waals surface area (Å²) in [6.45, 7) is 8.84. The van der Waals surface area contributed by atoms with Crippen molar-refractivity contribution in [2.45, 2.75) is 72.6 Å². The Morgan fingerprint density at radius 2 is 1.71 bits per heavy atom. The molecule has 0 aromatic heterocycles. The zero-order valence-corrected chi connectivity index (χ0v) is 10.4. The second-order valence-corrected chi connectivity index (χ2v) is 4.97. The lowest BCUT2D eigenvalue weighted by atomic mass is 9.84. The van der Waals surface area contributed by atoms with Crippen LogP contribution >= 0.6 is 0 Å². The minimum atomic E-state index is 0.416. The summed E-state index contributed by atoms with van der Waals surface area (Å²) >= 11 is 0. The van der Waals surface area contributed by atoms with Crippen LogP contribution in [-0.4, -0.2) is 5.78 Å². The molecule has 0 rings (SSSR count). The van der Waals surface area contributed by atoms with Crippen LogP contribution < -0.4 is 0 Å². The lowest BCUT2D eigenvalue weighted by Gasteiger charge is -2.22. The van der Waals surface area contributed by atoms with Crippen LogP contribution in [0.5, 0.6) is 0 Å². The van der Waals surface area contributed by atoms with Crippen molar-refractivity contribution in [2.75, 3.05) is 0 Å². The maximum absolute atomic E-state index is 11.0. The van der Waals surface area contributed by atoms with Gasteiger partial charge in [0.1, 0.15) is 5.78 Å². The maximum Gasteiger partial charge on any atom is 0.132 e. The number of unbranched alkanes of at least 4 members (excludes halogenated alkanes) is 2. The highest BCUT2D eigenvalue weighted by atomic mass is 16.1. The first-order valence-corrected chi connectivity index (χ1v) is 6.03. The van der Waals surface area contributed by atoms with Crippen molar-refractivity contribution >= 4 is 5.78 Å². The molecule has 14 heavy (non-hydrogen) atoms. The van der Waals surface area contributed by atoms with E-state index in [-0.39, 0.29) is 0 Å². The van der Waals surface area contributed by atoms with Crippen molar-refractivity contribution in [3.63, 3.8) is 0 Å². The van der Waals surface area contributed by atoms with Gasteiger partial charge < -0.3 is 0 Å². The third-order valence-electron chi connectivity index (χ3n) is 3.16. The van der Waals surface area contributed by atoms with Crippen LogP contribution in [0.25, 0.3) is 0 Å². The molecule has 0 spiro atoms. The van der Waals surface area contributed by atoms with Gasteiger partial charge in [-0.1, -0.05) is 47.0 Å². The van der Waals surface area contributed by atoms with Gasteiger partial charge >= 0.3 is 0 Å². The Bertz CT molecular complexity index is 159. The topological polar surface area (TPSA) is 17.1 Å². The van der Waals surface area contributed by atoms with Crippen molar-refractivity contribution in [3.8, 4) is 0 Å². The highest BCUT2D eigenvalue weighted by Crippen LogP contribution is 2.27. The van der Waals surface area contributed by atoms with Gasteiger partial charge in [0.2, 0.25) is 0 Å². The van der Waals surface area contributed by atoms with Crippen LogP contribution in [0, 0.1) is 5.41 Å². The van der Waals surface area contributed by atoms with E-state index in [9.17, 15) is 4.79 Å². The van der Waals surface area contributed by atoms with E-state index in [4.69, 9.17) is 0 Å². The summed E-state index contributed by atoms with van der Waals surface area (Å²) in [6.07, 6.45) is 7.63. The third-order valence-corrected chi connectivity index (χ3v) is 3.16. The molecule has 0 heterocycles. The van der Waals surface area contributed by atoms with Crippen molar-refractivity contribution in [3.05, 3.63) is 0 Å². The molecule has 0 unspecified atom stereocenters. The van der Waals surface area contributed by atoms with Crippen molar-refractivity contribution < 1.29 is 4.79 Å². The lowest BCUT2D eigenvalue weighted by molar-refractivity contribution is -0.118. The minimum absolute atomic E-state index is 0.416. The van der Waals surface area contributed by atoms with E-state index in [2.05, 4.69) is 20.8 Å². The Labute approximate surface area is 89.3 Å². The molecule has 0 aliphatic carbocycles. The molecule has 0 N–H and O–H groups in total. The van der Waals surface area contributed by atoms with E-state index >= 15 is 0 Å². The summed E-state index contributed by atoms with van der Waals surface area (Å²) in [7, 11) is 0. The Kier molecular flexibility index (Phi) is 6.86. The monoisotopic (exact) mass is 198 g/mol. The van der Waals surface area contributed by atoms with Gasteiger partial charge in [0.15, 0.2) is 0 Å². The standard InChI is InChI=1S/C13H26O/c1-5-12(14)10-8-7-9-11-13(3,4)6-2/h5-11H2,1-4H3. The number of carbonyl (C=O) groups is 1. The third kappa shape index (κ3) is 7.11. The average Bonchev–Trinajstić information content (AvgIpc) is 2.17. The van der Waals surface area contributed by atoms with Gasteiger partial charge in [-0.05, 0) is 18.3 Å². The normalized spacial score (nSPS) is 11.7. The Balaban J connectivity index is 3.34. The number of hydrogen-bond donors (Lipinski definition) is 0. The maximum atomic E-state index is 11.0. The molecule has 0 bridgehead atoms. The number of carbonyl (C=O) groups excluding carboxylic acids is 1. The van der Waals surface area contributed by atoms with E-state index in [1.54, 1.807) is 0 Å². The molecule has 0 amide bonds. The van der Waals surface area contributed by atoms with Crippen molar-refractivity contribution in [1.82, 2.24) is 0 Å². The predicted molar refractivity (Wildman–Crippen MR) is 62.5 cm³/mol. The highest BCUT2D eigenvalue weighted by Gasteiger charge is 2.13. The molecule has 0 aliphatic heterocycles. The fraction of sp³-hybridized carbons (Fsp3) is 0.923. The summed E-state index contributed by atoms with van der Waals surface area (Å²) in [5.41, 5.74) is 0.495. The molecule has 0 saturated heterocycles. The average molecular weight is 198 g/mol. The zero-order chi connectivity index (χ0) is 11.0. The van der Waals surface area contributed by atoms with Gasteiger partial charge in [-0.25, -0.2) is 0 Å². The highest BCUT2D eigenvalue weighted by molar-refractivity contribution is 5.77. The number of hydrogen-bond acceptors (Lipinski definition) is 1. The molecular formula is C13H26O. The molecule has 0 radical (unpaired) electrons. The molecule has 0 aromatic rings. The first kappa shape index (κ1) is 13.7. The number of rotatable bonds is 8. The first-order valence-electron chi connectivity index (χ1n) is 6.03. The van der Waals surface area contributed by atoms with Gasteiger partial charge in [0.25, 0.3) is 0 Å². The zero-order valence-electron chi connectivity index (χ0n) is 10.4. The molecule has 84 valence electrons. The van der Waals surface area contributed by atoms with Gasteiger partial charge in [-0.3, -0.25) is 4.79 Å². The van der Waals surface area contributed by atoms with E-state index in [1.165, 1.54) is 25.7 Å². The van der Waals surface area contributed by atoms with Crippen LogP contribution in [0.15, 0.2) is 0 Å². The molecule has 1 nitrogen and oxygen atoms in total. The van der Waals surface area contributed by atoms with E-state index < -0.39 is 0 Å². The van der Waals surface area contributed by atoms with Crippen LogP contribution in [0.3, 0.4) is 0 Å². The molecule has 0 aromatic carbocycles. The largest absolute Gasteiger partial charge is 0.300 e. The van der Waals surface area contributed by atoms with E-state index in [0.717, 1.165) is 12.8 Å². The van der Waals surface area contributed by atoms with Crippen LogP contribution in [-0.2, 0) is 4.79 Å². The SMILES string of the molecule is CCC(=O)CCCCCC(C)(C)CC.